The Labute approximate surface area is 176 Å². The van der Waals surface area contributed by atoms with Crippen LogP contribution in [0.3, 0.4) is 0 Å². The van der Waals surface area contributed by atoms with E-state index in [2.05, 4.69) is 20.5 Å². The third-order valence-corrected chi connectivity index (χ3v) is 5.25. The molecule has 1 amide bonds. The molecule has 0 bridgehead atoms. The maximum absolute atomic E-state index is 12.7. The molecule has 154 valence electrons. The summed E-state index contributed by atoms with van der Waals surface area (Å²) >= 11 is 6.32. The van der Waals surface area contributed by atoms with E-state index in [9.17, 15) is 9.90 Å². The van der Waals surface area contributed by atoms with Crippen molar-refractivity contribution < 1.29 is 9.90 Å². The molecule has 11 heteroatoms. The molecule has 1 fully saturated rings. The fourth-order valence-corrected chi connectivity index (χ4v) is 3.67. The number of amides is 1. The van der Waals surface area contributed by atoms with E-state index in [1.807, 2.05) is 4.90 Å². The molecule has 2 aromatic heterocycles. The fourth-order valence-electron chi connectivity index (χ4n) is 3.41. The van der Waals surface area contributed by atoms with Crippen LogP contribution in [0.5, 0.6) is 5.75 Å². The predicted molar refractivity (Wildman–Crippen MR) is 111 cm³/mol. The summed E-state index contributed by atoms with van der Waals surface area (Å²) in [6.07, 6.45) is 5.26. The summed E-state index contributed by atoms with van der Waals surface area (Å²) in [6.45, 7) is 1.05. The van der Waals surface area contributed by atoms with E-state index in [0.717, 1.165) is 5.69 Å². The van der Waals surface area contributed by atoms with Crippen LogP contribution in [0, 0.1) is 5.41 Å². The highest BCUT2D eigenvalue weighted by Gasteiger charge is 2.28. The second-order valence-electron chi connectivity index (χ2n) is 6.88. The Balaban J connectivity index is 1.44. The molecule has 30 heavy (non-hydrogen) atoms. The molecule has 3 heterocycles. The molecule has 10 nitrogen and oxygen atoms in total. The lowest BCUT2D eigenvalue weighted by Gasteiger charge is -2.20. The second kappa shape index (κ2) is 7.99. The summed E-state index contributed by atoms with van der Waals surface area (Å²) in [7, 11) is 0. The first-order valence-corrected chi connectivity index (χ1v) is 9.54. The number of nitrogens with two attached hydrogens (primary N) is 1. The minimum absolute atomic E-state index is 0.135. The lowest BCUT2D eigenvalue weighted by atomic mass is 10.1. The number of anilines is 1. The molecule has 3 aromatic rings. The average molecular weight is 427 g/mol. The van der Waals surface area contributed by atoms with Gasteiger partial charge in [-0.2, -0.15) is 0 Å². The van der Waals surface area contributed by atoms with Crippen molar-refractivity contribution in [2.45, 2.75) is 12.5 Å². The van der Waals surface area contributed by atoms with Crippen LogP contribution in [0.2, 0.25) is 5.02 Å². The normalized spacial score (nSPS) is 15.9. The van der Waals surface area contributed by atoms with Crippen LogP contribution in [0.4, 0.5) is 5.82 Å². The smallest absolute Gasteiger partial charge is 0.253 e. The molecule has 1 saturated heterocycles. The number of carbonyl (C=O) groups is 1. The van der Waals surface area contributed by atoms with Crippen LogP contribution < -0.4 is 16.0 Å². The van der Waals surface area contributed by atoms with Crippen molar-refractivity contribution in [3.05, 3.63) is 59.3 Å². The quantitative estimate of drug-likeness (QED) is 0.355. The van der Waals surface area contributed by atoms with E-state index < -0.39 is 0 Å². The van der Waals surface area contributed by atoms with E-state index in [1.54, 1.807) is 35.4 Å². The summed E-state index contributed by atoms with van der Waals surface area (Å²) in [6, 6.07) is 6.44. The first kappa shape index (κ1) is 19.6. The fraction of sp³-hybridized carbons (Fsp3) is 0.211. The molecule has 0 radical (unpaired) electrons. The van der Waals surface area contributed by atoms with Crippen LogP contribution in [0.1, 0.15) is 22.3 Å². The van der Waals surface area contributed by atoms with Crippen LogP contribution >= 0.6 is 11.6 Å². The van der Waals surface area contributed by atoms with Gasteiger partial charge in [0.05, 0.1) is 16.1 Å². The van der Waals surface area contributed by atoms with Gasteiger partial charge in [0, 0.05) is 31.0 Å². The van der Waals surface area contributed by atoms with Gasteiger partial charge < -0.3 is 21.1 Å². The molecule has 1 aliphatic heterocycles. The monoisotopic (exact) mass is 426 g/mol. The highest BCUT2D eigenvalue weighted by molar-refractivity contribution is 6.34. The summed E-state index contributed by atoms with van der Waals surface area (Å²) in [5.41, 5.74) is 6.84. The van der Waals surface area contributed by atoms with Gasteiger partial charge in [-0.3, -0.25) is 14.8 Å². The van der Waals surface area contributed by atoms with Gasteiger partial charge in [0.2, 0.25) is 0 Å². The van der Waals surface area contributed by atoms with Crippen molar-refractivity contribution >= 4 is 29.2 Å². The van der Waals surface area contributed by atoms with Gasteiger partial charge in [-0.15, -0.1) is 10.2 Å². The molecule has 1 aromatic carbocycles. The van der Waals surface area contributed by atoms with E-state index in [1.165, 1.54) is 12.3 Å². The van der Waals surface area contributed by atoms with Crippen molar-refractivity contribution in [2.24, 2.45) is 5.73 Å². The number of amidine groups is 1. The third kappa shape index (κ3) is 3.77. The highest BCUT2D eigenvalue weighted by Crippen LogP contribution is 2.30. The number of aromatic hydroxyl groups is 1. The number of nitrogens with one attached hydrogen (secondary N) is 2. The molecule has 4 rings (SSSR count). The molecule has 1 aliphatic rings. The highest BCUT2D eigenvalue weighted by atomic mass is 35.5. The summed E-state index contributed by atoms with van der Waals surface area (Å²) in [4.78, 5) is 18.8. The zero-order chi connectivity index (χ0) is 21.3. The summed E-state index contributed by atoms with van der Waals surface area (Å²) < 4.78 is 1.69. The van der Waals surface area contributed by atoms with Gasteiger partial charge >= 0.3 is 0 Å². The van der Waals surface area contributed by atoms with E-state index in [-0.39, 0.29) is 29.1 Å². The number of pyridine rings is 1. The number of rotatable bonds is 5. The first-order chi connectivity index (χ1) is 14.4. The Bertz CT molecular complexity index is 1100. The number of carbonyl (C=O) groups excluding carboxylic acids is 1. The number of benzene rings is 1. The lowest BCUT2D eigenvalue weighted by Crippen LogP contribution is -2.37. The van der Waals surface area contributed by atoms with E-state index in [0.29, 0.717) is 35.9 Å². The maximum atomic E-state index is 12.7. The van der Waals surface area contributed by atoms with Gasteiger partial charge in [0.15, 0.2) is 11.6 Å². The van der Waals surface area contributed by atoms with Crippen LogP contribution in [0.25, 0.3) is 5.69 Å². The third-order valence-electron chi connectivity index (χ3n) is 4.93. The zero-order valence-electron chi connectivity index (χ0n) is 15.8. The molecule has 1 atom stereocenters. The molecule has 0 spiro atoms. The standard InChI is InChI=1S/C19H19ClN8O2/c20-15-7-12(28-9-24-25-10-28)1-2-13(15)19(30)26-11-4-6-27(8-11)18-16(29)14(17(21)22)3-5-23-18/h1-3,5,7,9-11,29H,4,6,8H2,(H3,21,22)(H,26,30). The Kier molecular flexibility index (Phi) is 5.23. The van der Waals surface area contributed by atoms with Crippen LogP contribution in [-0.2, 0) is 0 Å². The molecule has 5 N–H and O–H groups in total. The Morgan fingerprint density at radius 1 is 1.27 bits per heavy atom. The Morgan fingerprint density at radius 3 is 2.73 bits per heavy atom. The molecular weight excluding hydrogens is 408 g/mol. The van der Waals surface area contributed by atoms with Crippen molar-refractivity contribution in [3.8, 4) is 11.4 Å². The van der Waals surface area contributed by atoms with Gasteiger partial charge in [-0.1, -0.05) is 11.6 Å². The largest absolute Gasteiger partial charge is 0.504 e. The molecule has 0 saturated carbocycles. The summed E-state index contributed by atoms with van der Waals surface area (Å²) in [5, 5.41) is 28.7. The minimum atomic E-state index is -0.281. The van der Waals surface area contributed by atoms with Crippen molar-refractivity contribution in [1.29, 1.82) is 5.41 Å². The van der Waals surface area contributed by atoms with Crippen molar-refractivity contribution in [2.75, 3.05) is 18.0 Å². The first-order valence-electron chi connectivity index (χ1n) is 9.16. The van der Waals surface area contributed by atoms with Gasteiger partial charge in [-0.05, 0) is 30.7 Å². The predicted octanol–water partition coefficient (Wildman–Crippen LogP) is 1.31. The second-order valence-corrected chi connectivity index (χ2v) is 7.29. The van der Waals surface area contributed by atoms with E-state index in [4.69, 9.17) is 22.7 Å². The molecular formula is C19H19ClN8O2. The topological polar surface area (TPSA) is 146 Å². The zero-order valence-corrected chi connectivity index (χ0v) is 16.5. The molecule has 0 aliphatic carbocycles. The SMILES string of the molecule is N=C(N)c1ccnc(N2CCC(NC(=O)c3ccc(-n4cnnc4)cc3Cl)C2)c1O. The minimum Gasteiger partial charge on any atom is -0.504 e. The van der Waals surface area contributed by atoms with Gasteiger partial charge in [0.25, 0.3) is 5.91 Å². The van der Waals surface area contributed by atoms with Gasteiger partial charge in [0.1, 0.15) is 18.5 Å². The lowest BCUT2D eigenvalue weighted by molar-refractivity contribution is 0.0940. The summed E-state index contributed by atoms with van der Waals surface area (Å²) in [5.74, 6) is -0.304. The maximum Gasteiger partial charge on any atom is 0.253 e. The number of halogens is 1. The van der Waals surface area contributed by atoms with Crippen molar-refractivity contribution in [3.63, 3.8) is 0 Å². The van der Waals surface area contributed by atoms with E-state index >= 15 is 0 Å². The number of hydrogen-bond donors (Lipinski definition) is 4. The Morgan fingerprint density at radius 2 is 2.03 bits per heavy atom. The average Bonchev–Trinajstić information content (AvgIpc) is 3.40. The number of nitrogens with zero attached hydrogens (tertiary/aromatic N) is 5. The van der Waals surface area contributed by atoms with Crippen molar-refractivity contribution in [1.82, 2.24) is 25.1 Å². The number of aromatic nitrogens is 4. The number of hydrogen-bond acceptors (Lipinski definition) is 7. The van der Waals surface area contributed by atoms with Gasteiger partial charge in [-0.25, -0.2) is 4.98 Å². The van der Waals surface area contributed by atoms with Crippen LogP contribution in [0.15, 0.2) is 43.1 Å². The Hall–Kier alpha value is -3.66. The number of nitrogen functional groups attached to an aromatic ring is 1. The molecule has 1 unspecified atom stereocenters. The van der Waals surface area contributed by atoms with Crippen LogP contribution in [-0.4, -0.2) is 55.7 Å².